The SMILES string of the molecule is NCC1CC2(CCN(C(=O)c3cc4cc(F)ccc4[nH]3)CC2)CO1. The first-order valence-corrected chi connectivity index (χ1v) is 8.48. The summed E-state index contributed by atoms with van der Waals surface area (Å²) >= 11 is 0. The van der Waals surface area contributed by atoms with Crippen LogP contribution in [0.5, 0.6) is 0 Å². The van der Waals surface area contributed by atoms with Crippen LogP contribution in [0.3, 0.4) is 0 Å². The number of carbonyl (C=O) groups excluding carboxylic acids is 1. The Labute approximate surface area is 140 Å². The second-order valence-electron chi connectivity index (χ2n) is 7.08. The van der Waals surface area contributed by atoms with E-state index in [2.05, 4.69) is 4.98 Å². The number of aromatic nitrogens is 1. The number of nitrogens with zero attached hydrogens (tertiary/aromatic N) is 1. The van der Waals surface area contributed by atoms with E-state index < -0.39 is 0 Å². The van der Waals surface area contributed by atoms with E-state index >= 15 is 0 Å². The van der Waals surface area contributed by atoms with Gasteiger partial charge in [0.2, 0.25) is 0 Å². The van der Waals surface area contributed by atoms with E-state index in [0.717, 1.165) is 49.9 Å². The number of aromatic amines is 1. The lowest BCUT2D eigenvalue weighted by atomic mass is 9.76. The molecule has 1 aromatic carbocycles. The number of benzene rings is 1. The molecular weight excluding hydrogens is 309 g/mol. The molecule has 1 amide bonds. The number of fused-ring (bicyclic) bond motifs is 1. The van der Waals surface area contributed by atoms with Crippen LogP contribution in [0.1, 0.15) is 29.8 Å². The number of piperidine rings is 1. The number of amides is 1. The van der Waals surface area contributed by atoms with Gasteiger partial charge in [0.05, 0.1) is 12.7 Å². The number of H-pyrrole nitrogens is 1. The minimum absolute atomic E-state index is 0.0178. The van der Waals surface area contributed by atoms with Crippen molar-refractivity contribution in [1.82, 2.24) is 9.88 Å². The van der Waals surface area contributed by atoms with E-state index in [-0.39, 0.29) is 23.2 Å². The summed E-state index contributed by atoms with van der Waals surface area (Å²) in [7, 11) is 0. The Morgan fingerprint density at radius 2 is 2.17 bits per heavy atom. The zero-order valence-electron chi connectivity index (χ0n) is 13.6. The van der Waals surface area contributed by atoms with E-state index in [1.807, 2.05) is 4.90 Å². The molecule has 2 aromatic rings. The first-order valence-electron chi connectivity index (χ1n) is 8.48. The molecule has 5 nitrogen and oxygen atoms in total. The van der Waals surface area contributed by atoms with E-state index in [9.17, 15) is 9.18 Å². The topological polar surface area (TPSA) is 71.3 Å². The molecule has 0 saturated carbocycles. The number of rotatable bonds is 2. The zero-order valence-corrected chi connectivity index (χ0v) is 13.6. The molecule has 4 rings (SSSR count). The molecule has 128 valence electrons. The number of ether oxygens (including phenoxy) is 1. The highest BCUT2D eigenvalue weighted by molar-refractivity contribution is 5.98. The Kier molecular flexibility index (Phi) is 3.81. The Hall–Kier alpha value is -1.92. The number of likely N-dealkylation sites (tertiary alicyclic amines) is 1. The van der Waals surface area contributed by atoms with Gasteiger partial charge in [0.15, 0.2) is 0 Å². The van der Waals surface area contributed by atoms with Crippen LogP contribution < -0.4 is 5.73 Å². The molecule has 1 unspecified atom stereocenters. The summed E-state index contributed by atoms with van der Waals surface area (Å²) < 4.78 is 19.1. The maximum Gasteiger partial charge on any atom is 0.270 e. The normalized spacial score (nSPS) is 23.2. The van der Waals surface area contributed by atoms with Gasteiger partial charge in [-0.15, -0.1) is 0 Å². The Balaban J connectivity index is 1.46. The van der Waals surface area contributed by atoms with Crippen LogP contribution >= 0.6 is 0 Å². The van der Waals surface area contributed by atoms with E-state index in [0.29, 0.717) is 12.2 Å². The highest BCUT2D eigenvalue weighted by Gasteiger charge is 2.42. The van der Waals surface area contributed by atoms with Crippen LogP contribution in [0.25, 0.3) is 10.9 Å². The van der Waals surface area contributed by atoms with Crippen molar-refractivity contribution in [2.24, 2.45) is 11.1 Å². The van der Waals surface area contributed by atoms with Gasteiger partial charge in [0.25, 0.3) is 5.91 Å². The molecule has 3 N–H and O–H groups in total. The molecule has 2 aliphatic heterocycles. The molecule has 1 spiro atoms. The molecule has 3 heterocycles. The molecule has 1 aromatic heterocycles. The summed E-state index contributed by atoms with van der Waals surface area (Å²) in [5.41, 5.74) is 7.19. The molecule has 2 saturated heterocycles. The molecule has 24 heavy (non-hydrogen) atoms. The van der Waals surface area contributed by atoms with Crippen molar-refractivity contribution in [3.8, 4) is 0 Å². The number of nitrogens with one attached hydrogen (secondary N) is 1. The quantitative estimate of drug-likeness (QED) is 0.887. The lowest BCUT2D eigenvalue weighted by Gasteiger charge is -2.38. The van der Waals surface area contributed by atoms with Gasteiger partial charge >= 0.3 is 0 Å². The van der Waals surface area contributed by atoms with Crippen molar-refractivity contribution in [2.75, 3.05) is 26.2 Å². The summed E-state index contributed by atoms with van der Waals surface area (Å²) in [6.45, 7) is 2.77. The largest absolute Gasteiger partial charge is 0.376 e. The molecule has 2 fully saturated rings. The van der Waals surface area contributed by atoms with Gasteiger partial charge in [0.1, 0.15) is 11.5 Å². The number of carbonyl (C=O) groups is 1. The summed E-state index contributed by atoms with van der Waals surface area (Å²) in [5.74, 6) is -0.313. The first kappa shape index (κ1) is 15.6. The minimum atomic E-state index is -0.295. The number of halogens is 1. The maximum atomic E-state index is 13.3. The van der Waals surface area contributed by atoms with Crippen LogP contribution in [-0.2, 0) is 4.74 Å². The fourth-order valence-electron chi connectivity index (χ4n) is 3.97. The summed E-state index contributed by atoms with van der Waals surface area (Å²) in [6, 6.07) is 6.23. The fraction of sp³-hybridized carbons (Fsp3) is 0.500. The zero-order chi connectivity index (χ0) is 16.7. The first-order chi connectivity index (χ1) is 11.6. The van der Waals surface area contributed by atoms with Crippen LogP contribution in [0, 0.1) is 11.2 Å². The van der Waals surface area contributed by atoms with Crippen molar-refractivity contribution < 1.29 is 13.9 Å². The lowest BCUT2D eigenvalue weighted by molar-refractivity contribution is 0.0498. The molecule has 0 bridgehead atoms. The van der Waals surface area contributed by atoms with Crippen molar-refractivity contribution in [1.29, 1.82) is 0 Å². The third-order valence-corrected chi connectivity index (χ3v) is 5.47. The van der Waals surface area contributed by atoms with Gasteiger partial charge in [-0.3, -0.25) is 4.79 Å². The van der Waals surface area contributed by atoms with Crippen LogP contribution in [0.4, 0.5) is 4.39 Å². The Morgan fingerprint density at radius 3 is 2.88 bits per heavy atom. The smallest absolute Gasteiger partial charge is 0.270 e. The van der Waals surface area contributed by atoms with Crippen molar-refractivity contribution in [2.45, 2.75) is 25.4 Å². The molecule has 0 aliphatic carbocycles. The van der Waals surface area contributed by atoms with Gasteiger partial charge in [-0.25, -0.2) is 4.39 Å². The average molecular weight is 331 g/mol. The van der Waals surface area contributed by atoms with Gasteiger partial charge < -0.3 is 20.4 Å². The highest BCUT2D eigenvalue weighted by Crippen LogP contribution is 2.41. The van der Waals surface area contributed by atoms with Crippen LogP contribution in [-0.4, -0.2) is 48.1 Å². The van der Waals surface area contributed by atoms with Gasteiger partial charge in [-0.1, -0.05) is 0 Å². The summed E-state index contributed by atoms with van der Waals surface area (Å²) in [5, 5.41) is 0.724. The molecule has 0 radical (unpaired) electrons. The average Bonchev–Trinajstić information content (AvgIpc) is 3.19. The Morgan fingerprint density at radius 1 is 1.38 bits per heavy atom. The number of hydrogen-bond donors (Lipinski definition) is 2. The molecular formula is C18H22FN3O2. The monoisotopic (exact) mass is 331 g/mol. The molecule has 1 atom stereocenters. The Bertz CT molecular complexity index is 765. The van der Waals surface area contributed by atoms with Crippen LogP contribution in [0.2, 0.25) is 0 Å². The van der Waals surface area contributed by atoms with E-state index in [1.54, 1.807) is 12.1 Å². The number of hydrogen-bond acceptors (Lipinski definition) is 3. The predicted octanol–water partition coefficient (Wildman–Crippen LogP) is 2.28. The van der Waals surface area contributed by atoms with E-state index in [4.69, 9.17) is 10.5 Å². The second-order valence-corrected chi connectivity index (χ2v) is 7.08. The fourth-order valence-corrected chi connectivity index (χ4v) is 3.97. The van der Waals surface area contributed by atoms with Crippen LogP contribution in [0.15, 0.2) is 24.3 Å². The standard InChI is InChI=1S/C18H22FN3O2/c19-13-1-2-15-12(7-13)8-16(21-15)17(23)22-5-3-18(4-6-22)9-14(10-20)24-11-18/h1-2,7-8,14,21H,3-6,9-11,20H2. The van der Waals surface area contributed by atoms with Crippen molar-refractivity contribution in [3.63, 3.8) is 0 Å². The second kappa shape index (κ2) is 5.86. The van der Waals surface area contributed by atoms with Gasteiger partial charge in [-0.2, -0.15) is 0 Å². The maximum absolute atomic E-state index is 13.3. The lowest BCUT2D eigenvalue weighted by Crippen LogP contribution is -2.43. The van der Waals surface area contributed by atoms with Crippen molar-refractivity contribution in [3.05, 3.63) is 35.8 Å². The molecule has 6 heteroatoms. The summed E-state index contributed by atoms with van der Waals surface area (Å²) in [4.78, 5) is 17.7. The van der Waals surface area contributed by atoms with Gasteiger partial charge in [0, 0.05) is 30.5 Å². The third-order valence-electron chi connectivity index (χ3n) is 5.47. The third kappa shape index (κ3) is 2.70. The van der Waals surface area contributed by atoms with Crippen molar-refractivity contribution >= 4 is 16.8 Å². The molecule has 2 aliphatic rings. The predicted molar refractivity (Wildman–Crippen MR) is 89.2 cm³/mol. The number of nitrogens with two attached hydrogens (primary N) is 1. The highest BCUT2D eigenvalue weighted by atomic mass is 19.1. The minimum Gasteiger partial charge on any atom is -0.376 e. The summed E-state index contributed by atoms with van der Waals surface area (Å²) in [6.07, 6.45) is 3.06. The van der Waals surface area contributed by atoms with E-state index in [1.165, 1.54) is 12.1 Å². The van der Waals surface area contributed by atoms with Gasteiger partial charge in [-0.05, 0) is 48.9 Å².